The number of benzene rings is 1. The van der Waals surface area contributed by atoms with Crippen LogP contribution in [0.3, 0.4) is 0 Å². The summed E-state index contributed by atoms with van der Waals surface area (Å²) in [6.07, 6.45) is 1.89. The van der Waals surface area contributed by atoms with Crippen LogP contribution in [-0.2, 0) is 4.79 Å². The van der Waals surface area contributed by atoms with E-state index in [-0.39, 0.29) is 18.6 Å². The molecule has 1 amide bonds. The van der Waals surface area contributed by atoms with E-state index < -0.39 is 0 Å². The molecule has 0 aliphatic heterocycles. The summed E-state index contributed by atoms with van der Waals surface area (Å²) in [4.78, 5) is 11.7. The van der Waals surface area contributed by atoms with E-state index in [1.165, 1.54) is 0 Å². The predicted octanol–water partition coefficient (Wildman–Crippen LogP) is 3.44. The lowest BCUT2D eigenvalue weighted by atomic mass is 10.2. The van der Waals surface area contributed by atoms with Crippen LogP contribution in [0.1, 0.15) is 32.3 Å². The number of carbonyl (C=O) groups excluding carboxylic acids is 1. The second-order valence-corrected chi connectivity index (χ2v) is 5.20. The van der Waals surface area contributed by atoms with E-state index in [1.807, 2.05) is 25.1 Å². The van der Waals surface area contributed by atoms with Crippen LogP contribution in [0.2, 0.25) is 0 Å². The molecule has 3 nitrogen and oxygen atoms in total. The van der Waals surface area contributed by atoms with Crippen LogP contribution in [0.25, 0.3) is 0 Å². The Morgan fingerprint density at radius 1 is 1.39 bits per heavy atom. The van der Waals surface area contributed by atoms with E-state index >= 15 is 0 Å². The summed E-state index contributed by atoms with van der Waals surface area (Å²) in [5.41, 5.74) is 1.02. The molecule has 1 aromatic carbocycles. The average Bonchev–Trinajstić information content (AvgIpc) is 2.37. The zero-order valence-electron chi connectivity index (χ0n) is 11.1. The first kappa shape index (κ1) is 15.0. The van der Waals surface area contributed by atoms with Crippen molar-refractivity contribution >= 4 is 21.8 Å². The van der Waals surface area contributed by atoms with Gasteiger partial charge in [0, 0.05) is 10.5 Å². The highest BCUT2D eigenvalue weighted by atomic mass is 79.9. The van der Waals surface area contributed by atoms with Gasteiger partial charge >= 0.3 is 0 Å². The normalized spacial score (nSPS) is 10.5. The molecule has 0 heterocycles. The van der Waals surface area contributed by atoms with Gasteiger partial charge in [0.25, 0.3) is 5.91 Å². The van der Waals surface area contributed by atoms with Gasteiger partial charge in [0.15, 0.2) is 6.61 Å². The van der Waals surface area contributed by atoms with E-state index in [9.17, 15) is 4.79 Å². The van der Waals surface area contributed by atoms with Gasteiger partial charge in [0.1, 0.15) is 5.75 Å². The zero-order valence-corrected chi connectivity index (χ0v) is 12.7. The largest absolute Gasteiger partial charge is 0.483 e. The molecule has 0 spiro atoms. The summed E-state index contributed by atoms with van der Waals surface area (Å²) in [6.45, 7) is 6.15. The number of carbonyl (C=O) groups is 1. The Kier molecular flexibility index (Phi) is 6.19. The fourth-order valence-electron chi connectivity index (χ4n) is 1.63. The molecular weight excluding hydrogens is 294 g/mol. The van der Waals surface area contributed by atoms with Crippen LogP contribution < -0.4 is 10.1 Å². The minimum atomic E-state index is -0.0666. The first-order valence-corrected chi connectivity index (χ1v) is 7.04. The van der Waals surface area contributed by atoms with Gasteiger partial charge in [0.05, 0.1) is 0 Å². The van der Waals surface area contributed by atoms with Crippen LogP contribution >= 0.6 is 15.9 Å². The molecule has 0 unspecified atom stereocenters. The molecule has 0 saturated heterocycles. The fourth-order valence-corrected chi connectivity index (χ4v) is 1.97. The first-order chi connectivity index (χ1) is 8.56. The first-order valence-electron chi connectivity index (χ1n) is 6.25. The summed E-state index contributed by atoms with van der Waals surface area (Å²) in [5, 5.41) is 2.95. The summed E-state index contributed by atoms with van der Waals surface area (Å²) >= 11 is 3.39. The molecule has 0 aromatic heterocycles. The molecular formula is C14H20BrNO2. The topological polar surface area (TPSA) is 38.3 Å². The molecule has 4 heteroatoms. The highest BCUT2D eigenvalue weighted by Gasteiger charge is 2.09. The molecule has 0 fully saturated rings. The number of aryl methyl sites for hydroxylation is 1. The van der Waals surface area contributed by atoms with E-state index in [0.29, 0.717) is 0 Å². The Morgan fingerprint density at radius 2 is 2.06 bits per heavy atom. The molecule has 0 atom stereocenters. The molecule has 0 aliphatic carbocycles. The summed E-state index contributed by atoms with van der Waals surface area (Å²) in [5.74, 6) is 0.673. The second-order valence-electron chi connectivity index (χ2n) is 4.28. The monoisotopic (exact) mass is 313 g/mol. The van der Waals surface area contributed by atoms with E-state index in [2.05, 4.69) is 35.1 Å². The van der Waals surface area contributed by atoms with Crippen molar-refractivity contribution in [3.05, 3.63) is 28.2 Å². The maximum Gasteiger partial charge on any atom is 0.258 e. The van der Waals surface area contributed by atoms with Crippen molar-refractivity contribution in [3.8, 4) is 5.75 Å². The standard InChI is InChI=1S/C14H20BrNO2/c1-4-12(5-2)16-14(17)9-18-13-8-11(15)7-6-10(13)3/h6-8,12H,4-5,9H2,1-3H3,(H,16,17). The highest BCUT2D eigenvalue weighted by Crippen LogP contribution is 2.22. The number of hydrogen-bond acceptors (Lipinski definition) is 2. The Labute approximate surface area is 117 Å². The minimum absolute atomic E-state index is 0.0633. The van der Waals surface area contributed by atoms with Crippen molar-refractivity contribution in [3.63, 3.8) is 0 Å². The van der Waals surface area contributed by atoms with Crippen LogP contribution in [0.5, 0.6) is 5.75 Å². The third kappa shape index (κ3) is 4.69. The van der Waals surface area contributed by atoms with Gasteiger partial charge in [-0.3, -0.25) is 4.79 Å². The van der Waals surface area contributed by atoms with Crippen LogP contribution in [0.4, 0.5) is 0 Å². The van der Waals surface area contributed by atoms with Crippen LogP contribution in [-0.4, -0.2) is 18.6 Å². The number of nitrogens with one attached hydrogen (secondary N) is 1. The molecule has 1 rings (SSSR count). The van der Waals surface area contributed by atoms with Crippen molar-refractivity contribution in [1.82, 2.24) is 5.32 Å². The van der Waals surface area contributed by atoms with Crippen molar-refractivity contribution in [1.29, 1.82) is 0 Å². The van der Waals surface area contributed by atoms with E-state index in [1.54, 1.807) is 0 Å². The summed E-state index contributed by atoms with van der Waals surface area (Å²) in [7, 11) is 0. The number of rotatable bonds is 6. The van der Waals surface area contributed by atoms with Gasteiger partial charge in [-0.1, -0.05) is 35.8 Å². The van der Waals surface area contributed by atoms with E-state index in [4.69, 9.17) is 4.74 Å². The minimum Gasteiger partial charge on any atom is -0.483 e. The number of halogens is 1. The smallest absolute Gasteiger partial charge is 0.258 e. The maximum absolute atomic E-state index is 11.7. The van der Waals surface area contributed by atoms with Gasteiger partial charge in [-0.15, -0.1) is 0 Å². The zero-order chi connectivity index (χ0) is 13.5. The summed E-state index contributed by atoms with van der Waals surface area (Å²) < 4.78 is 6.47. The quantitative estimate of drug-likeness (QED) is 0.873. The van der Waals surface area contributed by atoms with Crippen molar-refractivity contribution < 1.29 is 9.53 Å². The Hall–Kier alpha value is -1.03. The lowest BCUT2D eigenvalue weighted by molar-refractivity contribution is -0.123. The van der Waals surface area contributed by atoms with E-state index in [0.717, 1.165) is 28.6 Å². The third-order valence-electron chi connectivity index (χ3n) is 2.86. The van der Waals surface area contributed by atoms with Gasteiger partial charge in [0.2, 0.25) is 0 Å². The molecule has 1 N–H and O–H groups in total. The lowest BCUT2D eigenvalue weighted by Gasteiger charge is -2.15. The van der Waals surface area contributed by atoms with Gasteiger partial charge < -0.3 is 10.1 Å². The number of amides is 1. The fraction of sp³-hybridized carbons (Fsp3) is 0.500. The van der Waals surface area contributed by atoms with Crippen LogP contribution in [0.15, 0.2) is 22.7 Å². The number of ether oxygens (including phenoxy) is 1. The van der Waals surface area contributed by atoms with Crippen LogP contribution in [0, 0.1) is 6.92 Å². The Morgan fingerprint density at radius 3 is 2.67 bits per heavy atom. The molecule has 1 aromatic rings. The van der Waals surface area contributed by atoms with Crippen molar-refractivity contribution in [2.45, 2.75) is 39.7 Å². The Balaban J connectivity index is 2.49. The van der Waals surface area contributed by atoms with Crippen molar-refractivity contribution in [2.24, 2.45) is 0 Å². The molecule has 0 aliphatic rings. The average molecular weight is 314 g/mol. The maximum atomic E-state index is 11.7. The molecule has 0 radical (unpaired) electrons. The molecule has 0 saturated carbocycles. The molecule has 0 bridgehead atoms. The highest BCUT2D eigenvalue weighted by molar-refractivity contribution is 9.10. The van der Waals surface area contributed by atoms with Gasteiger partial charge in [-0.25, -0.2) is 0 Å². The molecule has 18 heavy (non-hydrogen) atoms. The third-order valence-corrected chi connectivity index (χ3v) is 3.35. The van der Waals surface area contributed by atoms with Gasteiger partial charge in [-0.2, -0.15) is 0 Å². The lowest BCUT2D eigenvalue weighted by Crippen LogP contribution is -2.37. The van der Waals surface area contributed by atoms with Crippen molar-refractivity contribution in [2.75, 3.05) is 6.61 Å². The predicted molar refractivity (Wildman–Crippen MR) is 76.9 cm³/mol. The SMILES string of the molecule is CCC(CC)NC(=O)COc1cc(Br)ccc1C. The number of hydrogen-bond donors (Lipinski definition) is 1. The van der Waals surface area contributed by atoms with Gasteiger partial charge in [-0.05, 0) is 37.5 Å². The second kappa shape index (κ2) is 7.41. The molecule has 100 valence electrons. The summed E-state index contributed by atoms with van der Waals surface area (Å²) in [6, 6.07) is 6.02. The Bertz CT molecular complexity index is 403.